The molecule has 0 unspecified atom stereocenters. The maximum atomic E-state index is 7.21. The third kappa shape index (κ3) is 2.43. The smallest absolute Gasteiger partial charge is 0.151 e. The number of hydrogen-bond donors (Lipinski definition) is 2. The fourth-order valence-electron chi connectivity index (χ4n) is 1.44. The molecule has 1 aromatic heterocycles. The number of hydrogen-bond acceptors (Lipinski definition) is 3. The number of nitrogens with two attached hydrogens (primary N) is 1. The molecule has 0 atom stereocenters. The summed E-state index contributed by atoms with van der Waals surface area (Å²) in [5, 5.41) is 7.35. The van der Waals surface area contributed by atoms with Gasteiger partial charge in [-0.1, -0.05) is 30.0 Å². The van der Waals surface area contributed by atoms with Crippen LogP contribution in [0.1, 0.15) is 5.56 Å². The van der Waals surface area contributed by atoms with E-state index in [0.29, 0.717) is 5.75 Å². The molecular formula is C11H12N4S. The van der Waals surface area contributed by atoms with Crippen molar-refractivity contribution >= 4 is 16.9 Å². The van der Waals surface area contributed by atoms with Crippen LogP contribution in [0, 0.1) is 5.41 Å². The molecule has 5 heteroatoms. The summed E-state index contributed by atoms with van der Waals surface area (Å²) in [5.41, 5.74) is 7.55. The van der Waals surface area contributed by atoms with Crippen LogP contribution in [0.15, 0.2) is 43.0 Å². The lowest BCUT2D eigenvalue weighted by molar-refractivity contribution is 1.04. The summed E-state index contributed by atoms with van der Waals surface area (Å²) in [4.78, 5) is 4.02. The fraction of sp³-hybridized carbons (Fsp3) is 0.0909. The lowest BCUT2D eigenvalue weighted by atomic mass is 10.2. The Kier molecular flexibility index (Phi) is 3.26. The van der Waals surface area contributed by atoms with Gasteiger partial charge in [-0.3, -0.25) is 5.41 Å². The van der Waals surface area contributed by atoms with Crippen LogP contribution >= 0.6 is 11.8 Å². The van der Waals surface area contributed by atoms with Gasteiger partial charge >= 0.3 is 0 Å². The maximum Gasteiger partial charge on any atom is 0.151 e. The van der Waals surface area contributed by atoms with E-state index in [1.54, 1.807) is 12.5 Å². The van der Waals surface area contributed by atoms with E-state index in [0.717, 1.165) is 11.3 Å². The average molecular weight is 232 g/mol. The van der Waals surface area contributed by atoms with Crippen LogP contribution in [0.2, 0.25) is 0 Å². The molecule has 0 bridgehead atoms. The van der Waals surface area contributed by atoms with Crippen molar-refractivity contribution in [3.05, 3.63) is 48.5 Å². The van der Waals surface area contributed by atoms with Gasteiger partial charge in [0.25, 0.3) is 0 Å². The Bertz CT molecular complexity index is 478. The molecule has 2 rings (SSSR count). The van der Waals surface area contributed by atoms with Gasteiger partial charge in [0.1, 0.15) is 0 Å². The van der Waals surface area contributed by atoms with E-state index >= 15 is 0 Å². The summed E-state index contributed by atoms with van der Waals surface area (Å²) in [6, 6.07) is 8.02. The van der Waals surface area contributed by atoms with E-state index in [9.17, 15) is 0 Å². The quantitative estimate of drug-likeness (QED) is 0.628. The number of para-hydroxylation sites is 1. The molecule has 82 valence electrons. The second-order valence-electron chi connectivity index (χ2n) is 3.25. The number of thioether (sulfide) groups is 1. The average Bonchev–Trinajstić information content (AvgIpc) is 2.80. The predicted molar refractivity (Wildman–Crippen MR) is 66.8 cm³/mol. The topological polar surface area (TPSA) is 67.7 Å². The van der Waals surface area contributed by atoms with Crippen molar-refractivity contribution in [3.8, 4) is 5.69 Å². The summed E-state index contributed by atoms with van der Waals surface area (Å²) in [6.45, 7) is 0. The number of imidazole rings is 1. The molecule has 4 nitrogen and oxygen atoms in total. The summed E-state index contributed by atoms with van der Waals surface area (Å²) in [6.07, 6.45) is 5.41. The molecule has 0 aliphatic heterocycles. The van der Waals surface area contributed by atoms with Gasteiger partial charge in [-0.15, -0.1) is 0 Å². The zero-order valence-corrected chi connectivity index (χ0v) is 9.45. The van der Waals surface area contributed by atoms with E-state index in [2.05, 4.69) is 4.98 Å². The number of nitrogens with zero attached hydrogens (tertiary/aromatic N) is 2. The van der Waals surface area contributed by atoms with E-state index < -0.39 is 0 Å². The summed E-state index contributed by atoms with van der Waals surface area (Å²) >= 11 is 1.32. The summed E-state index contributed by atoms with van der Waals surface area (Å²) < 4.78 is 1.95. The lowest BCUT2D eigenvalue weighted by Crippen LogP contribution is -2.05. The minimum absolute atomic E-state index is 0.139. The zero-order chi connectivity index (χ0) is 11.4. The first kappa shape index (κ1) is 10.8. The van der Waals surface area contributed by atoms with E-state index in [-0.39, 0.29) is 5.17 Å². The minimum atomic E-state index is 0.139. The van der Waals surface area contributed by atoms with Crippen molar-refractivity contribution < 1.29 is 0 Å². The monoisotopic (exact) mass is 232 g/mol. The molecule has 1 aromatic carbocycles. The molecule has 0 radical (unpaired) electrons. The Morgan fingerprint density at radius 3 is 2.94 bits per heavy atom. The Balaban J connectivity index is 2.27. The standard InChI is InChI=1S/C11H12N4S/c12-11(13)16-7-9-3-1-2-4-10(9)15-6-5-14-8-15/h1-6,8H,7H2,(H3,12,13). The second kappa shape index (κ2) is 4.85. The molecule has 0 saturated heterocycles. The largest absolute Gasteiger partial charge is 0.379 e. The van der Waals surface area contributed by atoms with Gasteiger partial charge in [0.05, 0.1) is 12.0 Å². The number of aromatic nitrogens is 2. The molecule has 0 aliphatic rings. The predicted octanol–water partition coefficient (Wildman–Crippen LogP) is 2.00. The Hall–Kier alpha value is -1.75. The van der Waals surface area contributed by atoms with Crippen LogP contribution in [0.25, 0.3) is 5.69 Å². The van der Waals surface area contributed by atoms with E-state index in [4.69, 9.17) is 11.1 Å². The molecular weight excluding hydrogens is 220 g/mol. The molecule has 2 aromatic rings. The maximum absolute atomic E-state index is 7.21. The third-order valence-corrected chi connectivity index (χ3v) is 2.92. The van der Waals surface area contributed by atoms with E-state index in [1.807, 2.05) is 35.0 Å². The molecule has 16 heavy (non-hydrogen) atoms. The summed E-state index contributed by atoms with van der Waals surface area (Å²) in [7, 11) is 0. The lowest BCUT2D eigenvalue weighted by Gasteiger charge is -2.08. The minimum Gasteiger partial charge on any atom is -0.379 e. The molecule has 3 N–H and O–H groups in total. The highest BCUT2D eigenvalue weighted by atomic mass is 32.2. The van der Waals surface area contributed by atoms with Gasteiger partial charge < -0.3 is 10.3 Å². The SMILES string of the molecule is N=C(N)SCc1ccccc1-n1ccnc1. The van der Waals surface area contributed by atoms with Crippen molar-refractivity contribution in [3.63, 3.8) is 0 Å². The third-order valence-electron chi connectivity index (χ3n) is 2.16. The van der Waals surface area contributed by atoms with Crippen LogP contribution in [-0.2, 0) is 5.75 Å². The van der Waals surface area contributed by atoms with Crippen LogP contribution in [0.5, 0.6) is 0 Å². The number of benzene rings is 1. The van der Waals surface area contributed by atoms with Gasteiger partial charge in [0.15, 0.2) is 5.17 Å². The molecule has 0 saturated carbocycles. The highest BCUT2D eigenvalue weighted by Gasteiger charge is 2.04. The first-order valence-electron chi connectivity index (χ1n) is 4.80. The number of amidine groups is 1. The Morgan fingerprint density at radius 1 is 1.44 bits per heavy atom. The van der Waals surface area contributed by atoms with Gasteiger partial charge in [0.2, 0.25) is 0 Å². The normalized spacial score (nSPS) is 10.2. The number of rotatable bonds is 3. The second-order valence-corrected chi connectivity index (χ2v) is 4.27. The number of nitrogens with one attached hydrogen (secondary N) is 1. The Labute approximate surface area is 98.0 Å². The summed E-state index contributed by atoms with van der Waals surface area (Å²) in [5.74, 6) is 0.698. The first-order valence-corrected chi connectivity index (χ1v) is 5.79. The first-order chi connectivity index (χ1) is 7.77. The van der Waals surface area contributed by atoms with Crippen molar-refractivity contribution in [2.75, 3.05) is 0 Å². The molecule has 0 amide bonds. The van der Waals surface area contributed by atoms with Crippen molar-refractivity contribution in [2.24, 2.45) is 5.73 Å². The van der Waals surface area contributed by atoms with Gasteiger partial charge in [-0.2, -0.15) is 0 Å². The molecule has 0 aliphatic carbocycles. The Morgan fingerprint density at radius 2 is 2.25 bits per heavy atom. The van der Waals surface area contributed by atoms with Crippen LogP contribution in [0.3, 0.4) is 0 Å². The highest BCUT2D eigenvalue weighted by Crippen LogP contribution is 2.19. The molecule has 0 spiro atoms. The van der Waals surface area contributed by atoms with Crippen molar-refractivity contribution in [1.82, 2.24) is 9.55 Å². The van der Waals surface area contributed by atoms with Gasteiger partial charge in [-0.25, -0.2) is 4.98 Å². The van der Waals surface area contributed by atoms with Gasteiger partial charge in [-0.05, 0) is 11.6 Å². The van der Waals surface area contributed by atoms with Crippen molar-refractivity contribution in [2.45, 2.75) is 5.75 Å². The fourth-order valence-corrected chi connectivity index (χ4v) is 2.00. The molecule has 0 fully saturated rings. The van der Waals surface area contributed by atoms with Gasteiger partial charge in [0, 0.05) is 18.1 Å². The van der Waals surface area contributed by atoms with Crippen LogP contribution in [-0.4, -0.2) is 14.7 Å². The van der Waals surface area contributed by atoms with Crippen LogP contribution < -0.4 is 5.73 Å². The van der Waals surface area contributed by atoms with E-state index in [1.165, 1.54) is 11.8 Å². The van der Waals surface area contributed by atoms with Crippen LogP contribution in [0.4, 0.5) is 0 Å². The highest BCUT2D eigenvalue weighted by molar-refractivity contribution is 8.13. The molecule has 1 heterocycles. The zero-order valence-electron chi connectivity index (χ0n) is 8.63. The van der Waals surface area contributed by atoms with Crippen molar-refractivity contribution in [1.29, 1.82) is 5.41 Å².